The quantitative estimate of drug-likeness (QED) is 0.907. The van der Waals surface area contributed by atoms with E-state index in [9.17, 15) is 0 Å². The van der Waals surface area contributed by atoms with Gasteiger partial charge in [-0.15, -0.1) is 0 Å². The number of aryl methyl sites for hydroxylation is 1. The maximum absolute atomic E-state index is 4.40. The van der Waals surface area contributed by atoms with Crippen LogP contribution in [-0.4, -0.2) is 11.5 Å². The van der Waals surface area contributed by atoms with E-state index in [0.29, 0.717) is 0 Å². The van der Waals surface area contributed by atoms with Crippen molar-refractivity contribution in [2.75, 3.05) is 11.9 Å². The fourth-order valence-corrected chi connectivity index (χ4v) is 2.92. The summed E-state index contributed by atoms with van der Waals surface area (Å²) in [6.45, 7) is 5.51. The van der Waals surface area contributed by atoms with Crippen LogP contribution < -0.4 is 5.32 Å². The van der Waals surface area contributed by atoms with Crippen molar-refractivity contribution in [2.24, 2.45) is 11.8 Å². The van der Waals surface area contributed by atoms with Gasteiger partial charge in [0.1, 0.15) is 5.82 Å². The van der Waals surface area contributed by atoms with Crippen molar-refractivity contribution in [1.29, 1.82) is 0 Å². The first-order valence-electron chi connectivity index (χ1n) is 6.01. The maximum Gasteiger partial charge on any atom is 0.128 e. The highest BCUT2D eigenvalue weighted by Crippen LogP contribution is 2.30. The molecule has 0 saturated heterocycles. The van der Waals surface area contributed by atoms with Crippen molar-refractivity contribution < 1.29 is 0 Å². The second-order valence-electron chi connectivity index (χ2n) is 4.98. The molecule has 0 amide bonds. The predicted octanol–water partition coefficient (Wildman–Crippen LogP) is 4.00. The highest BCUT2D eigenvalue weighted by atomic mass is 79.9. The summed E-state index contributed by atoms with van der Waals surface area (Å²) in [4.78, 5) is 4.40. The second-order valence-corrected chi connectivity index (χ2v) is 5.90. The van der Waals surface area contributed by atoms with E-state index < -0.39 is 0 Å². The zero-order valence-corrected chi connectivity index (χ0v) is 11.5. The number of nitrogens with zero attached hydrogens (tertiary/aromatic N) is 1. The van der Waals surface area contributed by atoms with Gasteiger partial charge < -0.3 is 5.32 Å². The van der Waals surface area contributed by atoms with Crippen molar-refractivity contribution in [3.8, 4) is 0 Å². The van der Waals surface area contributed by atoms with Gasteiger partial charge >= 0.3 is 0 Å². The summed E-state index contributed by atoms with van der Waals surface area (Å²) in [7, 11) is 0. The first-order chi connectivity index (χ1) is 7.65. The van der Waals surface area contributed by atoms with Gasteiger partial charge in [-0.25, -0.2) is 4.98 Å². The topological polar surface area (TPSA) is 24.9 Å². The number of hydrogen-bond donors (Lipinski definition) is 1. The Hall–Kier alpha value is -0.570. The molecule has 1 aliphatic carbocycles. The minimum Gasteiger partial charge on any atom is -0.370 e. The monoisotopic (exact) mass is 282 g/mol. The Morgan fingerprint density at radius 2 is 2.31 bits per heavy atom. The number of nitrogens with one attached hydrogen (secondary N) is 1. The van der Waals surface area contributed by atoms with Crippen LogP contribution in [0, 0.1) is 18.8 Å². The van der Waals surface area contributed by atoms with Gasteiger partial charge in [-0.1, -0.05) is 13.3 Å². The first kappa shape index (κ1) is 11.9. The van der Waals surface area contributed by atoms with E-state index >= 15 is 0 Å². The molecule has 0 radical (unpaired) electrons. The fourth-order valence-electron chi connectivity index (χ4n) is 2.48. The van der Waals surface area contributed by atoms with Crippen molar-refractivity contribution in [2.45, 2.75) is 33.1 Å². The van der Waals surface area contributed by atoms with Crippen molar-refractivity contribution in [1.82, 2.24) is 4.98 Å². The van der Waals surface area contributed by atoms with E-state index in [-0.39, 0.29) is 0 Å². The first-order valence-corrected chi connectivity index (χ1v) is 6.80. The van der Waals surface area contributed by atoms with Crippen LogP contribution >= 0.6 is 15.9 Å². The lowest BCUT2D eigenvalue weighted by Gasteiger charge is -2.13. The molecule has 1 aromatic heterocycles. The zero-order chi connectivity index (χ0) is 11.5. The normalized spacial score (nSPS) is 24.7. The average Bonchev–Trinajstić information content (AvgIpc) is 2.63. The largest absolute Gasteiger partial charge is 0.370 e. The van der Waals surface area contributed by atoms with Crippen LogP contribution in [0.25, 0.3) is 0 Å². The summed E-state index contributed by atoms with van der Waals surface area (Å²) in [6, 6.07) is 2.10. The van der Waals surface area contributed by atoms with Crippen LogP contribution in [-0.2, 0) is 0 Å². The number of halogens is 1. The Bertz CT molecular complexity index is 365. The van der Waals surface area contributed by atoms with Crippen molar-refractivity contribution >= 4 is 21.7 Å². The minimum absolute atomic E-state index is 0.833. The molecule has 2 nitrogen and oxygen atoms in total. The standard InChI is InChI=1S/C13H19BrN2/c1-9-3-4-11(5-9)7-15-13-10(2)6-12(14)8-16-13/h6,8-9,11H,3-5,7H2,1-2H3,(H,15,16). The summed E-state index contributed by atoms with van der Waals surface area (Å²) >= 11 is 3.43. The lowest BCUT2D eigenvalue weighted by molar-refractivity contribution is 0.536. The molecule has 1 aromatic rings. The highest BCUT2D eigenvalue weighted by molar-refractivity contribution is 9.10. The summed E-state index contributed by atoms with van der Waals surface area (Å²) in [6.07, 6.45) is 5.97. The van der Waals surface area contributed by atoms with Gasteiger partial charge in [-0.05, 0) is 59.2 Å². The van der Waals surface area contributed by atoms with E-state index in [4.69, 9.17) is 0 Å². The number of hydrogen-bond acceptors (Lipinski definition) is 2. The van der Waals surface area contributed by atoms with Gasteiger partial charge in [0.05, 0.1) is 0 Å². The van der Waals surface area contributed by atoms with Crippen molar-refractivity contribution in [3.05, 3.63) is 22.3 Å². The zero-order valence-electron chi connectivity index (χ0n) is 9.96. The maximum atomic E-state index is 4.40. The molecule has 1 N–H and O–H groups in total. The van der Waals surface area contributed by atoms with Crippen LogP contribution in [0.15, 0.2) is 16.7 Å². The van der Waals surface area contributed by atoms with Crippen LogP contribution in [0.4, 0.5) is 5.82 Å². The number of anilines is 1. The molecule has 2 unspecified atom stereocenters. The Kier molecular flexibility index (Phi) is 3.85. The average molecular weight is 283 g/mol. The molecule has 0 spiro atoms. The molecule has 1 fully saturated rings. The van der Waals surface area contributed by atoms with E-state index in [2.05, 4.69) is 46.1 Å². The van der Waals surface area contributed by atoms with Crippen LogP contribution in [0.3, 0.4) is 0 Å². The summed E-state index contributed by atoms with van der Waals surface area (Å²) < 4.78 is 1.05. The van der Waals surface area contributed by atoms with Crippen LogP contribution in [0.2, 0.25) is 0 Å². The number of pyridine rings is 1. The van der Waals surface area contributed by atoms with Crippen LogP contribution in [0.1, 0.15) is 31.7 Å². The molecular weight excluding hydrogens is 264 g/mol. The Morgan fingerprint density at radius 3 is 2.94 bits per heavy atom. The van der Waals surface area contributed by atoms with E-state index in [0.717, 1.165) is 28.7 Å². The third-order valence-electron chi connectivity index (χ3n) is 3.41. The molecule has 0 aromatic carbocycles. The van der Waals surface area contributed by atoms with Gasteiger partial charge in [-0.3, -0.25) is 0 Å². The molecule has 2 rings (SSSR count). The van der Waals surface area contributed by atoms with E-state index in [1.165, 1.54) is 24.8 Å². The molecule has 88 valence electrons. The van der Waals surface area contributed by atoms with Crippen LogP contribution in [0.5, 0.6) is 0 Å². The Balaban J connectivity index is 1.89. The van der Waals surface area contributed by atoms with Crippen molar-refractivity contribution in [3.63, 3.8) is 0 Å². The smallest absolute Gasteiger partial charge is 0.128 e. The highest BCUT2D eigenvalue weighted by Gasteiger charge is 2.20. The number of aromatic nitrogens is 1. The van der Waals surface area contributed by atoms with Gasteiger partial charge in [0.15, 0.2) is 0 Å². The van der Waals surface area contributed by atoms with Gasteiger partial charge in [0.2, 0.25) is 0 Å². The number of rotatable bonds is 3. The fraction of sp³-hybridized carbons (Fsp3) is 0.615. The minimum atomic E-state index is 0.833. The molecule has 16 heavy (non-hydrogen) atoms. The van der Waals surface area contributed by atoms with Gasteiger partial charge in [0, 0.05) is 17.2 Å². The third kappa shape index (κ3) is 2.97. The Labute approximate surface area is 106 Å². The molecule has 0 aliphatic heterocycles. The van der Waals surface area contributed by atoms with Gasteiger partial charge in [0.25, 0.3) is 0 Å². The molecule has 1 heterocycles. The lowest BCUT2D eigenvalue weighted by Crippen LogP contribution is -2.13. The van der Waals surface area contributed by atoms with E-state index in [1.807, 2.05) is 6.20 Å². The molecule has 1 aliphatic rings. The molecule has 3 heteroatoms. The molecule has 2 atom stereocenters. The second kappa shape index (κ2) is 5.17. The third-order valence-corrected chi connectivity index (χ3v) is 3.84. The SMILES string of the molecule is Cc1cc(Br)cnc1NCC1CCC(C)C1. The summed E-state index contributed by atoms with van der Waals surface area (Å²) in [5.74, 6) is 2.77. The molecule has 0 bridgehead atoms. The molecule has 1 saturated carbocycles. The van der Waals surface area contributed by atoms with E-state index in [1.54, 1.807) is 0 Å². The molecular formula is C13H19BrN2. The summed E-state index contributed by atoms with van der Waals surface area (Å²) in [5.41, 5.74) is 1.21. The lowest BCUT2D eigenvalue weighted by atomic mass is 10.1. The van der Waals surface area contributed by atoms with Gasteiger partial charge in [-0.2, -0.15) is 0 Å². The Morgan fingerprint density at radius 1 is 1.50 bits per heavy atom. The predicted molar refractivity (Wildman–Crippen MR) is 71.7 cm³/mol. The summed E-state index contributed by atoms with van der Waals surface area (Å²) in [5, 5.41) is 3.47.